The molecule has 1 aliphatic heterocycles. The van der Waals surface area contributed by atoms with Crippen LogP contribution in [-0.2, 0) is 13.0 Å². The number of aromatic hydroxyl groups is 2. The summed E-state index contributed by atoms with van der Waals surface area (Å²) in [6.45, 7) is 0.794. The van der Waals surface area contributed by atoms with E-state index in [0.29, 0.717) is 11.5 Å². The first-order valence-corrected chi connectivity index (χ1v) is 7.75. The highest BCUT2D eigenvalue weighted by atomic mass is 16.5. The predicted molar refractivity (Wildman–Crippen MR) is 91.7 cm³/mol. The van der Waals surface area contributed by atoms with Crippen LogP contribution >= 0.6 is 0 Å². The second-order valence-corrected chi connectivity index (χ2v) is 5.90. The molecule has 1 aliphatic rings. The lowest BCUT2D eigenvalue weighted by atomic mass is 9.95. The van der Waals surface area contributed by atoms with Crippen LogP contribution in [0.2, 0.25) is 0 Å². The number of benzene rings is 2. The van der Waals surface area contributed by atoms with E-state index in [1.807, 2.05) is 12.1 Å². The molecule has 0 saturated carbocycles. The Labute approximate surface area is 144 Å². The van der Waals surface area contributed by atoms with Crippen LogP contribution in [0.4, 0.5) is 0 Å². The summed E-state index contributed by atoms with van der Waals surface area (Å²) in [6, 6.07) is 9.23. The smallest absolute Gasteiger partial charge is 0.213 e. The molecule has 0 spiro atoms. The van der Waals surface area contributed by atoms with Crippen LogP contribution in [0.15, 0.2) is 36.5 Å². The number of ether oxygens (including phenoxy) is 2. The Kier molecular flexibility index (Phi) is 4.14. The predicted octanol–water partition coefficient (Wildman–Crippen LogP) is 2.60. The van der Waals surface area contributed by atoms with Crippen LogP contribution in [0.3, 0.4) is 0 Å². The summed E-state index contributed by atoms with van der Waals surface area (Å²) in [5.41, 5.74) is 2.98. The molecule has 2 heterocycles. The maximum atomic E-state index is 9.87. The monoisotopic (exact) mass is 341 g/mol. The molecule has 0 unspecified atom stereocenters. The molecule has 0 atom stereocenters. The van der Waals surface area contributed by atoms with Gasteiger partial charge >= 0.3 is 0 Å². The van der Waals surface area contributed by atoms with E-state index in [1.165, 1.54) is 0 Å². The molecule has 0 bridgehead atoms. The number of hydrogen-bond donors (Lipinski definition) is 2. The summed E-state index contributed by atoms with van der Waals surface area (Å²) >= 11 is 0. The highest BCUT2D eigenvalue weighted by Crippen LogP contribution is 2.39. The molecule has 3 aromatic rings. The average Bonchev–Trinajstić information content (AvgIpc) is 2.60. The fraction of sp³-hybridized carbons (Fsp3) is 0.211. The van der Waals surface area contributed by atoms with E-state index >= 15 is 0 Å². The van der Waals surface area contributed by atoms with Gasteiger partial charge in [0.15, 0.2) is 35.7 Å². The largest absolute Gasteiger partial charge is 0.870 e. The van der Waals surface area contributed by atoms with E-state index in [0.717, 1.165) is 40.6 Å². The number of hydrogen-bond acceptors (Lipinski definition) is 5. The Morgan fingerprint density at radius 3 is 2.48 bits per heavy atom. The molecule has 6 nitrogen and oxygen atoms in total. The summed E-state index contributed by atoms with van der Waals surface area (Å²) < 4.78 is 13.1. The van der Waals surface area contributed by atoms with Crippen LogP contribution in [0, 0.1) is 0 Å². The lowest BCUT2D eigenvalue weighted by Crippen LogP contribution is -2.40. The number of methoxy groups -OCH3 is 2. The molecule has 0 saturated heterocycles. The molecule has 3 N–H and O–H groups in total. The molecular formula is C19H19NO5. The fourth-order valence-corrected chi connectivity index (χ4v) is 3.40. The van der Waals surface area contributed by atoms with Gasteiger partial charge in [-0.05, 0) is 35.2 Å². The third kappa shape index (κ3) is 2.51. The number of phenols is 2. The van der Waals surface area contributed by atoms with Gasteiger partial charge in [0.25, 0.3) is 0 Å². The maximum Gasteiger partial charge on any atom is 0.213 e. The molecule has 0 aliphatic carbocycles. The summed E-state index contributed by atoms with van der Waals surface area (Å²) in [5, 5.41) is 21.6. The van der Waals surface area contributed by atoms with E-state index < -0.39 is 0 Å². The van der Waals surface area contributed by atoms with E-state index in [1.54, 1.807) is 26.4 Å². The number of nitrogens with zero attached hydrogens (tertiary/aromatic N) is 1. The van der Waals surface area contributed by atoms with Gasteiger partial charge in [-0.15, -0.1) is 0 Å². The molecule has 0 amide bonds. The number of rotatable bonds is 2. The SMILES string of the molecule is COc1ccc2cc3[n+](cc2c1OC)CCc1cc(O)c(O)cc1-3.[OH-]. The zero-order valence-corrected chi connectivity index (χ0v) is 14.0. The van der Waals surface area contributed by atoms with Crippen molar-refractivity contribution in [1.29, 1.82) is 0 Å². The van der Waals surface area contributed by atoms with Crippen molar-refractivity contribution in [2.24, 2.45) is 0 Å². The summed E-state index contributed by atoms with van der Waals surface area (Å²) in [4.78, 5) is 0. The molecule has 1 aromatic heterocycles. The summed E-state index contributed by atoms with van der Waals surface area (Å²) in [5.74, 6) is 1.23. The van der Waals surface area contributed by atoms with E-state index in [2.05, 4.69) is 16.8 Å². The number of pyridine rings is 1. The number of fused-ring (bicyclic) bond motifs is 4. The molecule has 2 aromatic carbocycles. The van der Waals surface area contributed by atoms with Gasteiger partial charge in [-0.1, -0.05) is 0 Å². The van der Waals surface area contributed by atoms with Crippen molar-refractivity contribution in [2.45, 2.75) is 13.0 Å². The Balaban J connectivity index is 0.00000182. The van der Waals surface area contributed by atoms with Crippen molar-refractivity contribution < 1.29 is 29.7 Å². The Morgan fingerprint density at radius 2 is 1.76 bits per heavy atom. The molecular weight excluding hydrogens is 322 g/mol. The standard InChI is InChI=1S/C19H17NO4.H2O/c1-23-18-4-3-11-7-15-13-9-17(22)16(21)8-12(13)5-6-20(15)10-14(11)19(18)24-2;/h3-4,7-10,22H,5-6H2,1-2H3;1H2. The van der Waals surface area contributed by atoms with Crippen LogP contribution in [0.25, 0.3) is 22.0 Å². The minimum atomic E-state index is -0.102. The number of phenolic OH excluding ortho intramolecular Hbond substituents is 2. The Hall–Kier alpha value is -2.99. The van der Waals surface area contributed by atoms with Crippen LogP contribution < -0.4 is 14.0 Å². The van der Waals surface area contributed by atoms with E-state index in [-0.39, 0.29) is 17.0 Å². The van der Waals surface area contributed by atoms with Crippen molar-refractivity contribution in [3.63, 3.8) is 0 Å². The fourth-order valence-electron chi connectivity index (χ4n) is 3.40. The van der Waals surface area contributed by atoms with Gasteiger partial charge in [0.05, 0.1) is 25.2 Å². The second-order valence-electron chi connectivity index (χ2n) is 5.90. The van der Waals surface area contributed by atoms with Gasteiger partial charge in [0.2, 0.25) is 5.69 Å². The third-order valence-electron chi connectivity index (χ3n) is 4.60. The number of aryl methyl sites for hydroxylation is 2. The highest BCUT2D eigenvalue weighted by Gasteiger charge is 2.26. The Bertz CT molecular complexity index is 968. The van der Waals surface area contributed by atoms with Crippen LogP contribution in [-0.4, -0.2) is 29.9 Å². The topological polar surface area (TPSA) is 92.8 Å². The maximum absolute atomic E-state index is 9.87. The second kappa shape index (κ2) is 6.14. The van der Waals surface area contributed by atoms with Gasteiger partial charge in [0.1, 0.15) is 0 Å². The van der Waals surface area contributed by atoms with Gasteiger partial charge < -0.3 is 25.2 Å². The van der Waals surface area contributed by atoms with Gasteiger partial charge in [-0.3, -0.25) is 0 Å². The minimum Gasteiger partial charge on any atom is -0.870 e. The van der Waals surface area contributed by atoms with Crippen molar-refractivity contribution in [1.82, 2.24) is 0 Å². The molecule has 4 rings (SSSR count). The first-order chi connectivity index (χ1) is 11.6. The van der Waals surface area contributed by atoms with Crippen LogP contribution in [0.1, 0.15) is 5.56 Å². The zero-order valence-electron chi connectivity index (χ0n) is 14.0. The van der Waals surface area contributed by atoms with Crippen molar-refractivity contribution >= 4 is 10.8 Å². The van der Waals surface area contributed by atoms with Crippen molar-refractivity contribution in [2.75, 3.05) is 14.2 Å². The summed E-state index contributed by atoms with van der Waals surface area (Å²) in [7, 11) is 3.26. The van der Waals surface area contributed by atoms with Gasteiger partial charge in [-0.25, -0.2) is 0 Å². The third-order valence-corrected chi connectivity index (χ3v) is 4.60. The van der Waals surface area contributed by atoms with Crippen molar-refractivity contribution in [3.8, 4) is 34.3 Å². The molecule has 130 valence electrons. The summed E-state index contributed by atoms with van der Waals surface area (Å²) in [6.07, 6.45) is 2.84. The lowest BCUT2D eigenvalue weighted by Gasteiger charge is -2.17. The zero-order chi connectivity index (χ0) is 16.8. The first kappa shape index (κ1) is 16.9. The molecule has 25 heavy (non-hydrogen) atoms. The minimum absolute atomic E-state index is 0. The average molecular weight is 341 g/mol. The van der Waals surface area contributed by atoms with E-state index in [9.17, 15) is 10.2 Å². The quantitative estimate of drug-likeness (QED) is 0.552. The first-order valence-electron chi connectivity index (χ1n) is 7.75. The molecule has 0 radical (unpaired) electrons. The van der Waals surface area contributed by atoms with Gasteiger partial charge in [0, 0.05) is 12.5 Å². The van der Waals surface area contributed by atoms with Crippen LogP contribution in [0.5, 0.6) is 23.0 Å². The Morgan fingerprint density at radius 1 is 1.00 bits per heavy atom. The molecule has 0 fully saturated rings. The number of aromatic nitrogens is 1. The molecule has 6 heteroatoms. The highest BCUT2D eigenvalue weighted by molar-refractivity contribution is 5.91. The lowest BCUT2D eigenvalue weighted by molar-refractivity contribution is -0.686. The van der Waals surface area contributed by atoms with Crippen molar-refractivity contribution in [3.05, 3.63) is 42.1 Å². The van der Waals surface area contributed by atoms with E-state index in [4.69, 9.17) is 9.47 Å². The van der Waals surface area contributed by atoms with Gasteiger partial charge in [-0.2, -0.15) is 4.57 Å². The normalized spacial score (nSPS) is 12.1.